The summed E-state index contributed by atoms with van der Waals surface area (Å²) < 4.78 is 0. The third kappa shape index (κ3) is 7.85. The fraction of sp³-hybridized carbons (Fsp3) is 0.158. The van der Waals surface area contributed by atoms with Gasteiger partial charge >= 0.3 is 0 Å². The number of nitrogens with one attached hydrogen (secondary N) is 5. The van der Waals surface area contributed by atoms with Crippen molar-refractivity contribution in [1.29, 1.82) is 0 Å². The Kier molecular flexibility index (Phi) is 8.39. The smallest absolute Gasteiger partial charge is 0.240 e. The van der Waals surface area contributed by atoms with E-state index in [4.69, 9.17) is 18.0 Å². The summed E-state index contributed by atoms with van der Waals surface area (Å²) in [5, 5.41) is 8.54. The van der Waals surface area contributed by atoms with Crippen molar-refractivity contribution in [2.45, 2.75) is 12.5 Å². The van der Waals surface area contributed by atoms with Crippen molar-refractivity contribution in [2.75, 3.05) is 17.3 Å². The van der Waals surface area contributed by atoms with Gasteiger partial charge in [0.2, 0.25) is 18.2 Å². The predicted molar refractivity (Wildman–Crippen MR) is 115 cm³/mol. The molecule has 10 heteroatoms. The Hall–Kier alpha value is -3.66. The lowest BCUT2D eigenvalue weighted by atomic mass is 10.1. The van der Waals surface area contributed by atoms with E-state index in [0.717, 1.165) is 5.56 Å². The lowest BCUT2D eigenvalue weighted by molar-refractivity contribution is -0.126. The van der Waals surface area contributed by atoms with E-state index in [9.17, 15) is 14.4 Å². The Morgan fingerprint density at radius 2 is 1.69 bits per heavy atom. The molecule has 0 fully saturated rings. The molecule has 2 rings (SSSR count). The number of anilines is 2. The zero-order valence-corrected chi connectivity index (χ0v) is 16.3. The fourth-order valence-electron chi connectivity index (χ4n) is 2.40. The van der Waals surface area contributed by atoms with Gasteiger partial charge in [0.1, 0.15) is 6.04 Å². The number of hydrogen-bond donors (Lipinski definition) is 6. The van der Waals surface area contributed by atoms with Crippen molar-refractivity contribution in [3.8, 4) is 0 Å². The Morgan fingerprint density at radius 3 is 2.31 bits per heavy atom. The zero-order chi connectivity index (χ0) is 21.1. The van der Waals surface area contributed by atoms with Crippen molar-refractivity contribution in [3.63, 3.8) is 0 Å². The quantitative estimate of drug-likeness (QED) is 0.186. The van der Waals surface area contributed by atoms with Crippen LogP contribution in [0.15, 0.2) is 54.6 Å². The maximum Gasteiger partial charge on any atom is 0.240 e. The third-order valence-electron chi connectivity index (χ3n) is 3.79. The van der Waals surface area contributed by atoms with Gasteiger partial charge in [0.25, 0.3) is 0 Å². The van der Waals surface area contributed by atoms with Crippen LogP contribution in [0.2, 0.25) is 0 Å². The monoisotopic (exact) mass is 414 g/mol. The number of rotatable bonds is 10. The number of hydrogen-bond acceptors (Lipinski definition) is 5. The van der Waals surface area contributed by atoms with Crippen LogP contribution >= 0.6 is 12.2 Å². The van der Waals surface area contributed by atoms with Crippen LogP contribution in [0.3, 0.4) is 0 Å². The van der Waals surface area contributed by atoms with Crippen molar-refractivity contribution in [1.82, 2.24) is 16.1 Å². The molecule has 0 heterocycles. The first kappa shape index (κ1) is 21.6. The van der Waals surface area contributed by atoms with E-state index in [-0.39, 0.29) is 11.7 Å². The molecule has 1 atom stereocenters. The summed E-state index contributed by atoms with van der Waals surface area (Å²) in [6, 6.07) is 15.4. The first-order valence-corrected chi connectivity index (χ1v) is 9.11. The Bertz CT molecular complexity index is 845. The third-order valence-corrected chi connectivity index (χ3v) is 4.04. The van der Waals surface area contributed by atoms with Gasteiger partial charge in [0.05, 0.1) is 12.2 Å². The van der Waals surface area contributed by atoms with Crippen LogP contribution < -0.4 is 32.5 Å². The minimum Gasteiger partial charge on any atom is -0.368 e. The van der Waals surface area contributed by atoms with Crippen LogP contribution in [0.1, 0.15) is 5.56 Å². The molecule has 0 unspecified atom stereocenters. The van der Waals surface area contributed by atoms with E-state index in [2.05, 4.69) is 26.8 Å². The highest BCUT2D eigenvalue weighted by Gasteiger charge is 2.18. The lowest BCUT2D eigenvalue weighted by Gasteiger charge is -2.16. The number of carbonyl (C=O) groups excluding carboxylic acids is 3. The summed E-state index contributed by atoms with van der Waals surface area (Å²) in [5.74, 6) is -1.02. The molecule has 0 aliphatic carbocycles. The largest absolute Gasteiger partial charge is 0.368 e. The molecule has 0 aliphatic rings. The SMILES string of the molecule is NC(=O)[C@H](Cc1ccccc1)NC(=O)CNC(=S)Nc1ccc(NNC=O)cc1. The average molecular weight is 414 g/mol. The molecular weight excluding hydrogens is 392 g/mol. The Morgan fingerprint density at radius 1 is 1.03 bits per heavy atom. The van der Waals surface area contributed by atoms with Gasteiger partial charge in [-0.2, -0.15) is 0 Å². The second kappa shape index (κ2) is 11.2. The van der Waals surface area contributed by atoms with Gasteiger partial charge in [-0.15, -0.1) is 0 Å². The highest BCUT2D eigenvalue weighted by molar-refractivity contribution is 7.80. The van der Waals surface area contributed by atoms with Crippen molar-refractivity contribution >= 4 is 46.9 Å². The topological polar surface area (TPSA) is 137 Å². The van der Waals surface area contributed by atoms with E-state index in [1.54, 1.807) is 24.3 Å². The number of benzene rings is 2. The summed E-state index contributed by atoms with van der Waals surface area (Å²) in [6.45, 7) is -0.118. The summed E-state index contributed by atoms with van der Waals surface area (Å²) >= 11 is 5.16. The fourth-order valence-corrected chi connectivity index (χ4v) is 2.59. The van der Waals surface area contributed by atoms with Crippen LogP contribution in [0.25, 0.3) is 0 Å². The molecular formula is C19H22N6O3S. The molecule has 3 amide bonds. The summed E-state index contributed by atoms with van der Waals surface area (Å²) in [7, 11) is 0. The lowest BCUT2D eigenvalue weighted by Crippen LogP contribution is -2.49. The normalized spacial score (nSPS) is 10.9. The average Bonchev–Trinajstić information content (AvgIpc) is 2.72. The molecule has 2 aromatic carbocycles. The molecule has 9 nitrogen and oxygen atoms in total. The van der Waals surface area contributed by atoms with E-state index in [0.29, 0.717) is 24.2 Å². The van der Waals surface area contributed by atoms with E-state index < -0.39 is 17.9 Å². The highest BCUT2D eigenvalue weighted by atomic mass is 32.1. The Balaban J connectivity index is 1.78. The standard InChI is InChI=1S/C19H22N6O3S/c20-18(28)16(10-13-4-2-1-3-5-13)24-17(27)11-21-19(29)23-14-6-8-15(9-7-14)25-22-12-26/h1-9,12,16,25H,10-11H2,(H2,20,28)(H,22,26)(H,24,27)(H2,21,23,29)/t16-/m0/s1. The molecule has 29 heavy (non-hydrogen) atoms. The van der Waals surface area contributed by atoms with Crippen molar-refractivity contribution < 1.29 is 14.4 Å². The zero-order valence-electron chi connectivity index (χ0n) is 15.5. The molecule has 0 saturated carbocycles. The second-order valence-corrected chi connectivity index (χ2v) is 6.39. The minimum absolute atomic E-state index is 0.118. The summed E-state index contributed by atoms with van der Waals surface area (Å²) in [5.41, 5.74) is 12.7. The first-order chi connectivity index (χ1) is 14.0. The van der Waals surface area contributed by atoms with E-state index in [1.807, 2.05) is 30.3 Å². The van der Waals surface area contributed by atoms with Crippen LogP contribution in [-0.2, 0) is 20.8 Å². The molecule has 0 aromatic heterocycles. The first-order valence-electron chi connectivity index (χ1n) is 8.70. The predicted octanol–water partition coefficient (Wildman–Crippen LogP) is 0.259. The molecule has 152 valence electrons. The summed E-state index contributed by atoms with van der Waals surface area (Å²) in [4.78, 5) is 34.0. The molecule has 0 saturated heterocycles. The number of nitrogens with two attached hydrogens (primary N) is 1. The number of carbonyl (C=O) groups is 3. The summed E-state index contributed by atoms with van der Waals surface area (Å²) in [6.07, 6.45) is 0.836. The van der Waals surface area contributed by atoms with Crippen LogP contribution in [0, 0.1) is 0 Å². The number of thiocarbonyl (C=S) groups is 1. The maximum absolute atomic E-state index is 12.1. The van der Waals surface area contributed by atoms with Crippen molar-refractivity contribution in [2.24, 2.45) is 5.73 Å². The maximum atomic E-state index is 12.1. The molecule has 0 bridgehead atoms. The second-order valence-electron chi connectivity index (χ2n) is 5.98. The van der Waals surface area contributed by atoms with Crippen molar-refractivity contribution in [3.05, 3.63) is 60.2 Å². The van der Waals surface area contributed by atoms with Gasteiger partial charge in [0, 0.05) is 12.1 Å². The number of hydrazine groups is 1. The van der Waals surface area contributed by atoms with Crippen LogP contribution in [-0.4, -0.2) is 35.9 Å². The highest BCUT2D eigenvalue weighted by Crippen LogP contribution is 2.12. The van der Waals surface area contributed by atoms with Gasteiger partial charge < -0.3 is 21.7 Å². The number of amides is 3. The molecule has 0 radical (unpaired) electrons. The molecule has 0 aliphatic heterocycles. The van der Waals surface area contributed by atoms with Gasteiger partial charge in [-0.05, 0) is 42.0 Å². The molecule has 7 N–H and O–H groups in total. The Labute approximate surface area is 173 Å². The van der Waals surface area contributed by atoms with E-state index >= 15 is 0 Å². The van der Waals surface area contributed by atoms with Gasteiger partial charge in [-0.3, -0.25) is 25.2 Å². The van der Waals surface area contributed by atoms with E-state index in [1.165, 1.54) is 0 Å². The minimum atomic E-state index is -0.812. The van der Waals surface area contributed by atoms with Gasteiger partial charge in [-0.1, -0.05) is 30.3 Å². The molecule has 2 aromatic rings. The van der Waals surface area contributed by atoms with Gasteiger partial charge in [-0.25, -0.2) is 0 Å². The number of primary amides is 1. The molecule has 0 spiro atoms. The van der Waals surface area contributed by atoms with Crippen LogP contribution in [0.5, 0.6) is 0 Å². The van der Waals surface area contributed by atoms with Crippen LogP contribution in [0.4, 0.5) is 11.4 Å². The van der Waals surface area contributed by atoms with Gasteiger partial charge in [0.15, 0.2) is 5.11 Å².